The van der Waals surface area contributed by atoms with Crippen LogP contribution >= 0.6 is 11.3 Å². The Morgan fingerprint density at radius 1 is 1.14 bits per heavy atom. The van der Waals surface area contributed by atoms with Gasteiger partial charge in [0, 0.05) is 0 Å². The monoisotopic (exact) mass is 301 g/mol. The number of aromatic carboxylic acids is 1. The van der Waals surface area contributed by atoms with Gasteiger partial charge in [-0.2, -0.15) is 0 Å². The maximum atomic E-state index is 11.9. The largest absolute Gasteiger partial charge is 0.544 e. The normalized spacial score (nSPS) is 10.7. The van der Waals surface area contributed by atoms with E-state index >= 15 is 0 Å². The Morgan fingerprint density at radius 2 is 1.81 bits per heavy atom. The molecule has 0 unspecified atom stereocenters. The molecule has 108 valence electrons. The Balaban J connectivity index is 2.05. The standard InChI is InChI=1S/C16H14O4S/c1-2-20-12-6-3-11(4-7-12)5-8-13(17)14-9-10-15(21-14)16(18)19/h3-10H,2H2,1H3,(H,18,19)/p-1/b8-5+. The van der Waals surface area contributed by atoms with Crippen LogP contribution in [0.25, 0.3) is 6.08 Å². The molecule has 0 atom stereocenters. The van der Waals surface area contributed by atoms with Gasteiger partial charge >= 0.3 is 0 Å². The fourth-order valence-electron chi connectivity index (χ4n) is 1.68. The van der Waals surface area contributed by atoms with Gasteiger partial charge in [-0.25, -0.2) is 0 Å². The van der Waals surface area contributed by atoms with Crippen LogP contribution < -0.4 is 9.84 Å². The number of hydrogen-bond acceptors (Lipinski definition) is 5. The highest BCUT2D eigenvalue weighted by molar-refractivity contribution is 7.16. The van der Waals surface area contributed by atoms with Crippen molar-refractivity contribution >= 4 is 29.2 Å². The topological polar surface area (TPSA) is 66.4 Å². The summed E-state index contributed by atoms with van der Waals surface area (Å²) in [4.78, 5) is 23.0. The van der Waals surface area contributed by atoms with Crippen molar-refractivity contribution in [2.75, 3.05) is 6.61 Å². The van der Waals surface area contributed by atoms with Crippen LogP contribution in [0.5, 0.6) is 5.75 Å². The van der Waals surface area contributed by atoms with Gasteiger partial charge in [0.25, 0.3) is 0 Å². The van der Waals surface area contributed by atoms with E-state index in [1.54, 1.807) is 6.08 Å². The molecular formula is C16H13O4S-. The second-order valence-corrected chi connectivity index (χ2v) is 5.23. The summed E-state index contributed by atoms with van der Waals surface area (Å²) in [6.45, 7) is 2.52. The molecule has 0 radical (unpaired) electrons. The minimum atomic E-state index is -1.27. The number of carboxylic acids is 1. The summed E-state index contributed by atoms with van der Waals surface area (Å²) in [7, 11) is 0. The number of thiophene rings is 1. The Kier molecular flexibility index (Phi) is 4.90. The molecule has 0 fully saturated rings. The van der Waals surface area contributed by atoms with Crippen LogP contribution in [0.3, 0.4) is 0 Å². The van der Waals surface area contributed by atoms with E-state index in [1.165, 1.54) is 18.2 Å². The van der Waals surface area contributed by atoms with Crippen molar-refractivity contribution in [2.45, 2.75) is 6.92 Å². The molecule has 0 aliphatic heterocycles. The lowest BCUT2D eigenvalue weighted by Crippen LogP contribution is -2.20. The fourth-order valence-corrected chi connectivity index (χ4v) is 2.44. The maximum Gasteiger partial charge on any atom is 0.195 e. The number of ether oxygens (including phenoxy) is 1. The van der Waals surface area contributed by atoms with Crippen molar-refractivity contribution in [3.05, 3.63) is 57.8 Å². The molecule has 2 rings (SSSR count). The Morgan fingerprint density at radius 3 is 2.38 bits per heavy atom. The van der Waals surface area contributed by atoms with Gasteiger partial charge in [-0.3, -0.25) is 4.79 Å². The molecular weight excluding hydrogens is 288 g/mol. The van der Waals surface area contributed by atoms with E-state index in [0.29, 0.717) is 11.5 Å². The van der Waals surface area contributed by atoms with Gasteiger partial charge in [-0.1, -0.05) is 18.2 Å². The van der Waals surface area contributed by atoms with Crippen molar-refractivity contribution in [1.29, 1.82) is 0 Å². The van der Waals surface area contributed by atoms with Gasteiger partial charge in [-0.05, 0) is 42.8 Å². The predicted octanol–water partition coefficient (Wildman–Crippen LogP) is 2.41. The minimum absolute atomic E-state index is 0.0489. The molecule has 0 aliphatic carbocycles. The number of ketones is 1. The number of rotatable bonds is 6. The highest BCUT2D eigenvalue weighted by Crippen LogP contribution is 2.18. The Labute approximate surface area is 126 Å². The Bertz CT molecular complexity index is 668. The molecule has 1 aromatic heterocycles. The van der Waals surface area contributed by atoms with Crippen LogP contribution in [-0.4, -0.2) is 18.4 Å². The summed E-state index contributed by atoms with van der Waals surface area (Å²) < 4.78 is 5.33. The molecule has 0 spiro atoms. The summed E-state index contributed by atoms with van der Waals surface area (Å²) in [5.74, 6) is -0.728. The molecule has 0 bridgehead atoms. The SMILES string of the molecule is CCOc1ccc(/C=C/C(=O)c2ccc(C(=O)[O-])s2)cc1. The smallest absolute Gasteiger partial charge is 0.195 e. The van der Waals surface area contributed by atoms with E-state index in [0.717, 1.165) is 22.6 Å². The first-order valence-corrected chi connectivity index (χ1v) is 7.18. The summed E-state index contributed by atoms with van der Waals surface area (Å²) in [6, 6.07) is 10.2. The number of allylic oxidation sites excluding steroid dienone is 1. The van der Waals surface area contributed by atoms with E-state index in [2.05, 4.69) is 0 Å². The second kappa shape index (κ2) is 6.85. The van der Waals surface area contributed by atoms with E-state index in [9.17, 15) is 14.7 Å². The highest BCUT2D eigenvalue weighted by Gasteiger charge is 2.06. The van der Waals surface area contributed by atoms with Crippen molar-refractivity contribution in [2.24, 2.45) is 0 Å². The molecule has 0 saturated heterocycles. The molecule has 1 aromatic carbocycles. The zero-order valence-corrected chi connectivity index (χ0v) is 12.2. The summed E-state index contributed by atoms with van der Waals surface area (Å²) in [5.41, 5.74) is 0.864. The fraction of sp³-hybridized carbons (Fsp3) is 0.125. The minimum Gasteiger partial charge on any atom is -0.544 e. The quantitative estimate of drug-likeness (QED) is 0.607. The number of carboxylic acid groups (broad SMARTS) is 1. The predicted molar refractivity (Wildman–Crippen MR) is 79.6 cm³/mol. The average Bonchev–Trinajstić information content (AvgIpc) is 2.97. The van der Waals surface area contributed by atoms with Gasteiger partial charge in [0.2, 0.25) is 0 Å². The van der Waals surface area contributed by atoms with Gasteiger partial charge in [0.1, 0.15) is 5.75 Å². The van der Waals surface area contributed by atoms with Crippen LogP contribution in [0.2, 0.25) is 0 Å². The number of hydrogen-bond donors (Lipinski definition) is 0. The third-order valence-corrected chi connectivity index (χ3v) is 3.75. The summed E-state index contributed by atoms with van der Waals surface area (Å²) in [6.07, 6.45) is 3.09. The lowest BCUT2D eigenvalue weighted by molar-refractivity contribution is -0.254. The molecule has 2 aromatic rings. The summed E-state index contributed by atoms with van der Waals surface area (Å²) >= 11 is 0.910. The van der Waals surface area contributed by atoms with Crippen molar-refractivity contribution < 1.29 is 19.4 Å². The number of carbonyl (C=O) groups excluding carboxylic acids is 2. The average molecular weight is 301 g/mol. The highest BCUT2D eigenvalue weighted by atomic mass is 32.1. The zero-order chi connectivity index (χ0) is 15.2. The van der Waals surface area contributed by atoms with Gasteiger partial charge in [0.05, 0.1) is 22.3 Å². The van der Waals surface area contributed by atoms with Crippen molar-refractivity contribution in [3.63, 3.8) is 0 Å². The van der Waals surface area contributed by atoms with Crippen LogP contribution in [0, 0.1) is 0 Å². The summed E-state index contributed by atoms with van der Waals surface area (Å²) in [5, 5.41) is 10.7. The second-order valence-electron chi connectivity index (χ2n) is 4.15. The lowest BCUT2D eigenvalue weighted by Gasteiger charge is -2.02. The molecule has 0 aliphatic rings. The Hall–Kier alpha value is -2.40. The maximum absolute atomic E-state index is 11.9. The first-order chi connectivity index (χ1) is 10.1. The van der Waals surface area contributed by atoms with Crippen LogP contribution in [0.1, 0.15) is 31.8 Å². The van der Waals surface area contributed by atoms with Crippen LogP contribution in [0.15, 0.2) is 42.5 Å². The van der Waals surface area contributed by atoms with E-state index in [-0.39, 0.29) is 10.7 Å². The van der Waals surface area contributed by atoms with Gasteiger partial charge in [-0.15, -0.1) is 11.3 Å². The van der Waals surface area contributed by atoms with Crippen LogP contribution in [-0.2, 0) is 0 Å². The lowest BCUT2D eigenvalue weighted by atomic mass is 10.2. The molecule has 0 amide bonds. The molecule has 4 nitrogen and oxygen atoms in total. The van der Waals surface area contributed by atoms with E-state index < -0.39 is 5.97 Å². The third-order valence-electron chi connectivity index (χ3n) is 2.67. The van der Waals surface area contributed by atoms with Gasteiger partial charge < -0.3 is 14.6 Å². The molecule has 0 saturated carbocycles. The van der Waals surface area contributed by atoms with E-state index in [1.807, 2.05) is 31.2 Å². The molecule has 5 heteroatoms. The number of benzene rings is 1. The first kappa shape index (κ1) is 15.0. The first-order valence-electron chi connectivity index (χ1n) is 6.36. The number of carbonyl (C=O) groups is 2. The molecule has 1 heterocycles. The van der Waals surface area contributed by atoms with Crippen molar-refractivity contribution in [3.8, 4) is 5.75 Å². The van der Waals surface area contributed by atoms with Gasteiger partial charge in [0.15, 0.2) is 5.78 Å². The van der Waals surface area contributed by atoms with E-state index in [4.69, 9.17) is 4.74 Å². The van der Waals surface area contributed by atoms with Crippen molar-refractivity contribution in [1.82, 2.24) is 0 Å². The molecule has 0 N–H and O–H groups in total. The third kappa shape index (κ3) is 4.03. The molecule has 21 heavy (non-hydrogen) atoms. The zero-order valence-electron chi connectivity index (χ0n) is 11.4. The van der Waals surface area contributed by atoms with Crippen LogP contribution in [0.4, 0.5) is 0 Å².